The van der Waals surface area contributed by atoms with E-state index in [0.29, 0.717) is 5.41 Å². The molecule has 1 aliphatic heterocycles. The predicted molar refractivity (Wildman–Crippen MR) is 117 cm³/mol. The average Bonchev–Trinajstić information content (AvgIpc) is 3.21. The molecule has 2 aliphatic rings. The van der Waals surface area contributed by atoms with Crippen LogP contribution >= 0.6 is 0 Å². The maximum atomic E-state index is 5.52. The maximum absolute atomic E-state index is 5.52. The Morgan fingerprint density at radius 3 is 2.25 bits per heavy atom. The monoisotopic (exact) mass is 380 g/mol. The Balaban J connectivity index is 1.39. The van der Waals surface area contributed by atoms with E-state index in [1.807, 2.05) is 6.07 Å². The molecule has 2 heterocycles. The van der Waals surface area contributed by atoms with Crippen molar-refractivity contribution < 1.29 is 4.42 Å². The van der Waals surface area contributed by atoms with E-state index in [1.165, 1.54) is 31.4 Å². The molecule has 0 spiro atoms. The van der Waals surface area contributed by atoms with Gasteiger partial charge < -0.3 is 9.32 Å². The van der Waals surface area contributed by atoms with E-state index in [0.717, 1.165) is 50.3 Å². The molecule has 1 saturated heterocycles. The summed E-state index contributed by atoms with van der Waals surface area (Å²) in [5.74, 6) is 2.68. The molecule has 0 N–H and O–H groups in total. The van der Waals surface area contributed by atoms with Gasteiger partial charge in [0.1, 0.15) is 5.76 Å². The Bertz CT molecular complexity index is 730. The molecule has 0 atom stereocenters. The molecule has 152 valence electrons. The minimum Gasteiger partial charge on any atom is -0.468 e. The van der Waals surface area contributed by atoms with Crippen molar-refractivity contribution in [2.75, 3.05) is 31.1 Å². The number of hydrogen-bond acceptors (Lipinski definition) is 3. The zero-order valence-corrected chi connectivity index (χ0v) is 17.9. The van der Waals surface area contributed by atoms with Gasteiger partial charge in [-0.1, -0.05) is 39.0 Å². The Hall–Kier alpha value is -1.74. The van der Waals surface area contributed by atoms with Gasteiger partial charge in [-0.05, 0) is 66.7 Å². The average molecular weight is 381 g/mol. The zero-order chi connectivity index (χ0) is 19.6. The number of furan rings is 1. The molecular weight excluding hydrogens is 344 g/mol. The molecule has 0 unspecified atom stereocenters. The summed E-state index contributed by atoms with van der Waals surface area (Å²) >= 11 is 0. The molecule has 0 amide bonds. The van der Waals surface area contributed by atoms with E-state index in [4.69, 9.17) is 4.42 Å². The lowest BCUT2D eigenvalue weighted by Gasteiger charge is -2.40. The lowest BCUT2D eigenvalue weighted by atomic mass is 9.68. The first kappa shape index (κ1) is 19.6. The number of anilines is 1. The summed E-state index contributed by atoms with van der Waals surface area (Å²) in [5, 5.41) is 0. The van der Waals surface area contributed by atoms with E-state index in [1.54, 1.807) is 11.8 Å². The Morgan fingerprint density at radius 1 is 0.893 bits per heavy atom. The number of benzene rings is 1. The van der Waals surface area contributed by atoms with Crippen molar-refractivity contribution in [1.29, 1.82) is 0 Å². The van der Waals surface area contributed by atoms with Crippen LogP contribution in [0.1, 0.15) is 63.7 Å². The van der Waals surface area contributed by atoms with Gasteiger partial charge in [0.05, 0.1) is 12.8 Å². The highest BCUT2D eigenvalue weighted by Gasteiger charge is 2.31. The van der Waals surface area contributed by atoms with Crippen LogP contribution in [0.3, 0.4) is 0 Å². The van der Waals surface area contributed by atoms with Crippen molar-refractivity contribution in [3.63, 3.8) is 0 Å². The maximum Gasteiger partial charge on any atom is 0.117 e. The predicted octanol–water partition coefficient (Wildman–Crippen LogP) is 5.92. The molecule has 2 fully saturated rings. The van der Waals surface area contributed by atoms with Crippen molar-refractivity contribution in [3.05, 3.63) is 54.0 Å². The summed E-state index contributed by atoms with van der Waals surface area (Å²) in [7, 11) is 0. The van der Waals surface area contributed by atoms with Gasteiger partial charge in [-0.25, -0.2) is 0 Å². The minimum absolute atomic E-state index is 0.453. The highest BCUT2D eigenvalue weighted by Crippen LogP contribution is 2.45. The van der Waals surface area contributed by atoms with E-state index >= 15 is 0 Å². The van der Waals surface area contributed by atoms with Crippen molar-refractivity contribution in [2.24, 2.45) is 11.3 Å². The van der Waals surface area contributed by atoms with Crippen LogP contribution in [0.15, 0.2) is 47.1 Å². The number of rotatable bonds is 4. The van der Waals surface area contributed by atoms with Crippen LogP contribution in [0.5, 0.6) is 0 Å². The van der Waals surface area contributed by atoms with Crippen LogP contribution < -0.4 is 4.90 Å². The normalized spacial score (nSPS) is 24.5. The molecule has 1 aromatic heterocycles. The third-order valence-corrected chi connectivity index (χ3v) is 7.00. The van der Waals surface area contributed by atoms with Gasteiger partial charge in [-0.15, -0.1) is 0 Å². The molecule has 3 heteroatoms. The van der Waals surface area contributed by atoms with Crippen LogP contribution in [-0.4, -0.2) is 31.1 Å². The van der Waals surface area contributed by atoms with Gasteiger partial charge in [-0.3, -0.25) is 4.90 Å². The molecule has 0 bridgehead atoms. The van der Waals surface area contributed by atoms with Gasteiger partial charge in [0.15, 0.2) is 0 Å². The van der Waals surface area contributed by atoms with Gasteiger partial charge in [-0.2, -0.15) is 0 Å². The van der Waals surface area contributed by atoms with Crippen LogP contribution in [0.4, 0.5) is 5.69 Å². The van der Waals surface area contributed by atoms with E-state index in [9.17, 15) is 0 Å². The lowest BCUT2D eigenvalue weighted by molar-refractivity contribution is 0.169. The van der Waals surface area contributed by atoms with Crippen LogP contribution in [0.25, 0.3) is 0 Å². The topological polar surface area (TPSA) is 19.6 Å². The number of hydrogen-bond donors (Lipinski definition) is 0. The first-order chi connectivity index (χ1) is 13.5. The highest BCUT2D eigenvalue weighted by molar-refractivity contribution is 5.55. The van der Waals surface area contributed by atoms with Gasteiger partial charge in [0, 0.05) is 31.9 Å². The molecule has 28 heavy (non-hydrogen) atoms. The summed E-state index contributed by atoms with van der Waals surface area (Å²) in [6, 6.07) is 13.3. The second-order valence-corrected chi connectivity index (χ2v) is 9.82. The molecule has 0 radical (unpaired) electrons. The molecule has 2 aromatic rings. The first-order valence-corrected chi connectivity index (χ1v) is 11.1. The second kappa shape index (κ2) is 8.32. The highest BCUT2D eigenvalue weighted by atomic mass is 16.3. The molecule has 1 aliphatic carbocycles. The first-order valence-electron chi connectivity index (χ1n) is 11.1. The van der Waals surface area contributed by atoms with E-state index in [2.05, 4.69) is 60.9 Å². The second-order valence-electron chi connectivity index (χ2n) is 9.82. The summed E-state index contributed by atoms with van der Waals surface area (Å²) in [6.45, 7) is 12.6. The zero-order valence-electron chi connectivity index (χ0n) is 17.9. The fourth-order valence-electron chi connectivity index (χ4n) is 5.16. The van der Waals surface area contributed by atoms with Crippen molar-refractivity contribution in [3.8, 4) is 0 Å². The molecular formula is C25H36N2O. The smallest absolute Gasteiger partial charge is 0.117 e. The SMILES string of the molecule is CC(C)(C)C1CCC(c2ccccc2N2CCN(Cc3ccco3)CC2)CC1. The minimum atomic E-state index is 0.453. The Labute approximate surface area is 170 Å². The van der Waals surface area contributed by atoms with Crippen LogP contribution in [0, 0.1) is 11.3 Å². The number of piperazine rings is 1. The van der Waals surface area contributed by atoms with Gasteiger partial charge in [0.25, 0.3) is 0 Å². The van der Waals surface area contributed by atoms with Gasteiger partial charge in [0.2, 0.25) is 0 Å². The Morgan fingerprint density at radius 2 is 1.61 bits per heavy atom. The van der Waals surface area contributed by atoms with Crippen molar-refractivity contribution >= 4 is 5.69 Å². The third kappa shape index (κ3) is 4.46. The number of nitrogens with zero attached hydrogens (tertiary/aromatic N) is 2. The van der Waals surface area contributed by atoms with Crippen molar-refractivity contribution in [1.82, 2.24) is 4.90 Å². The molecule has 1 aromatic carbocycles. The van der Waals surface area contributed by atoms with Crippen molar-refractivity contribution in [2.45, 2.75) is 58.9 Å². The fourth-order valence-corrected chi connectivity index (χ4v) is 5.16. The summed E-state index contributed by atoms with van der Waals surface area (Å²) in [5.41, 5.74) is 3.53. The summed E-state index contributed by atoms with van der Waals surface area (Å²) in [4.78, 5) is 5.12. The van der Waals surface area contributed by atoms with Crippen LogP contribution in [0.2, 0.25) is 0 Å². The largest absolute Gasteiger partial charge is 0.468 e. The lowest BCUT2D eigenvalue weighted by Crippen LogP contribution is -2.46. The standard InChI is InChI=1S/C25H36N2O/c1-25(2,3)21-12-10-20(11-13-21)23-8-4-5-9-24(23)27-16-14-26(15-17-27)19-22-7-6-18-28-22/h4-9,18,20-21H,10-17,19H2,1-3H3. The summed E-state index contributed by atoms with van der Waals surface area (Å²) < 4.78 is 5.52. The third-order valence-electron chi connectivity index (χ3n) is 7.00. The molecule has 3 nitrogen and oxygen atoms in total. The van der Waals surface area contributed by atoms with E-state index in [-0.39, 0.29) is 0 Å². The Kier molecular flexibility index (Phi) is 5.82. The summed E-state index contributed by atoms with van der Waals surface area (Å²) in [6.07, 6.45) is 7.21. The van der Waals surface area contributed by atoms with Gasteiger partial charge >= 0.3 is 0 Å². The number of para-hydroxylation sites is 1. The van der Waals surface area contributed by atoms with Crippen LogP contribution in [-0.2, 0) is 6.54 Å². The fraction of sp³-hybridized carbons (Fsp3) is 0.600. The molecule has 4 rings (SSSR count). The quantitative estimate of drug-likeness (QED) is 0.656. The molecule has 1 saturated carbocycles. The van der Waals surface area contributed by atoms with E-state index < -0.39 is 0 Å².